The Kier molecular flexibility index (Phi) is 3.96. The van der Waals surface area contributed by atoms with Crippen LogP contribution >= 0.6 is 0 Å². The van der Waals surface area contributed by atoms with Gasteiger partial charge in [0.2, 0.25) is 0 Å². The molecular formula is C10H16O3. The second kappa shape index (κ2) is 5.02. The zero-order chi connectivity index (χ0) is 9.68. The predicted molar refractivity (Wildman–Crippen MR) is 49.4 cm³/mol. The molecule has 1 aliphatic rings. The average molecular weight is 184 g/mol. The zero-order valence-corrected chi connectivity index (χ0v) is 8.21. The molecule has 0 aromatic carbocycles. The van der Waals surface area contributed by atoms with Gasteiger partial charge >= 0.3 is 5.97 Å². The maximum atomic E-state index is 11.2. The van der Waals surface area contributed by atoms with Crippen molar-refractivity contribution < 1.29 is 14.3 Å². The number of rotatable bonds is 5. The minimum Gasteiger partial charge on any atom is -0.462 e. The van der Waals surface area contributed by atoms with Crippen LogP contribution in [0.1, 0.15) is 26.7 Å². The summed E-state index contributed by atoms with van der Waals surface area (Å²) in [4.78, 5) is 11.2. The first-order chi connectivity index (χ1) is 6.24. The van der Waals surface area contributed by atoms with E-state index >= 15 is 0 Å². The van der Waals surface area contributed by atoms with Gasteiger partial charge in [0, 0.05) is 5.57 Å². The molecule has 1 aliphatic heterocycles. The van der Waals surface area contributed by atoms with Crippen molar-refractivity contribution in [3.8, 4) is 0 Å². The van der Waals surface area contributed by atoms with E-state index in [1.807, 2.05) is 13.0 Å². The molecule has 1 rings (SSSR count). The monoisotopic (exact) mass is 184 g/mol. The standard InChI is InChI=1S/C10H16O3/c1-3-6-12-10(11)8(2)4-5-9-7-13-9/h4,9H,3,5-7H2,1-2H3/b8-4+. The van der Waals surface area contributed by atoms with Gasteiger partial charge in [-0.2, -0.15) is 0 Å². The third-order valence-corrected chi connectivity index (χ3v) is 1.85. The molecule has 0 bridgehead atoms. The normalized spacial score (nSPS) is 21.4. The van der Waals surface area contributed by atoms with Crippen LogP contribution in [0.2, 0.25) is 0 Å². The summed E-state index contributed by atoms with van der Waals surface area (Å²) >= 11 is 0. The molecular weight excluding hydrogens is 168 g/mol. The summed E-state index contributed by atoms with van der Waals surface area (Å²) in [6.45, 7) is 5.09. The van der Waals surface area contributed by atoms with E-state index in [4.69, 9.17) is 9.47 Å². The van der Waals surface area contributed by atoms with Crippen molar-refractivity contribution in [1.82, 2.24) is 0 Å². The van der Waals surface area contributed by atoms with Crippen LogP contribution in [0, 0.1) is 0 Å². The largest absolute Gasteiger partial charge is 0.462 e. The first-order valence-corrected chi connectivity index (χ1v) is 4.69. The molecule has 0 spiro atoms. The Morgan fingerprint density at radius 1 is 1.69 bits per heavy atom. The van der Waals surface area contributed by atoms with Gasteiger partial charge < -0.3 is 9.47 Å². The number of hydrogen-bond acceptors (Lipinski definition) is 3. The van der Waals surface area contributed by atoms with Crippen molar-refractivity contribution in [2.75, 3.05) is 13.2 Å². The number of hydrogen-bond donors (Lipinski definition) is 0. The summed E-state index contributed by atoms with van der Waals surface area (Å²) in [6.07, 6.45) is 3.92. The smallest absolute Gasteiger partial charge is 0.333 e. The quantitative estimate of drug-likeness (QED) is 0.370. The summed E-state index contributed by atoms with van der Waals surface area (Å²) in [5.74, 6) is -0.206. The molecule has 0 aromatic heterocycles. The maximum absolute atomic E-state index is 11.2. The third kappa shape index (κ3) is 4.08. The molecule has 74 valence electrons. The lowest BCUT2D eigenvalue weighted by atomic mass is 10.2. The molecule has 0 N–H and O–H groups in total. The molecule has 0 amide bonds. The predicted octanol–water partition coefficient (Wildman–Crippen LogP) is 1.67. The Morgan fingerprint density at radius 3 is 2.92 bits per heavy atom. The second-order valence-corrected chi connectivity index (χ2v) is 3.21. The van der Waals surface area contributed by atoms with Crippen LogP contribution in [0.15, 0.2) is 11.6 Å². The van der Waals surface area contributed by atoms with Crippen LogP contribution in [-0.4, -0.2) is 25.3 Å². The lowest BCUT2D eigenvalue weighted by Gasteiger charge is -2.01. The van der Waals surface area contributed by atoms with Gasteiger partial charge in [-0.25, -0.2) is 4.79 Å². The molecule has 13 heavy (non-hydrogen) atoms. The SMILES string of the molecule is CCCOC(=O)/C(C)=C/CC1CO1. The molecule has 1 fully saturated rings. The number of carbonyl (C=O) groups excluding carboxylic acids is 1. The fourth-order valence-corrected chi connectivity index (χ4v) is 0.904. The molecule has 1 heterocycles. The molecule has 0 aliphatic carbocycles. The molecule has 0 aromatic rings. The molecule has 3 nitrogen and oxygen atoms in total. The molecule has 1 saturated heterocycles. The third-order valence-electron chi connectivity index (χ3n) is 1.85. The van der Waals surface area contributed by atoms with E-state index < -0.39 is 0 Å². The molecule has 3 heteroatoms. The van der Waals surface area contributed by atoms with E-state index in [1.165, 1.54) is 0 Å². The number of ether oxygens (including phenoxy) is 2. The van der Waals surface area contributed by atoms with Gasteiger partial charge in [0.15, 0.2) is 0 Å². The van der Waals surface area contributed by atoms with Crippen LogP contribution in [0.4, 0.5) is 0 Å². The fourth-order valence-electron chi connectivity index (χ4n) is 0.904. The molecule has 1 unspecified atom stereocenters. The van der Waals surface area contributed by atoms with Gasteiger partial charge in [-0.1, -0.05) is 13.0 Å². The van der Waals surface area contributed by atoms with Gasteiger partial charge in [0.05, 0.1) is 19.3 Å². The highest BCUT2D eigenvalue weighted by Crippen LogP contribution is 2.15. The highest BCUT2D eigenvalue weighted by atomic mass is 16.6. The van der Waals surface area contributed by atoms with Crippen molar-refractivity contribution >= 4 is 5.97 Å². The highest BCUT2D eigenvalue weighted by molar-refractivity contribution is 5.87. The van der Waals surface area contributed by atoms with Gasteiger partial charge in [0.25, 0.3) is 0 Å². The minimum absolute atomic E-state index is 0.206. The molecule has 0 saturated carbocycles. The Morgan fingerprint density at radius 2 is 2.38 bits per heavy atom. The lowest BCUT2D eigenvalue weighted by Crippen LogP contribution is -2.06. The summed E-state index contributed by atoms with van der Waals surface area (Å²) < 4.78 is 9.98. The van der Waals surface area contributed by atoms with Gasteiger partial charge in [0.1, 0.15) is 0 Å². The van der Waals surface area contributed by atoms with E-state index in [0.717, 1.165) is 19.4 Å². The topological polar surface area (TPSA) is 38.8 Å². The Bertz CT molecular complexity index is 204. The van der Waals surface area contributed by atoms with Crippen molar-refractivity contribution in [2.24, 2.45) is 0 Å². The maximum Gasteiger partial charge on any atom is 0.333 e. The summed E-state index contributed by atoms with van der Waals surface area (Å²) in [6, 6.07) is 0. The highest BCUT2D eigenvalue weighted by Gasteiger charge is 2.20. The zero-order valence-electron chi connectivity index (χ0n) is 8.21. The number of carbonyl (C=O) groups is 1. The van der Waals surface area contributed by atoms with E-state index in [-0.39, 0.29) is 5.97 Å². The summed E-state index contributed by atoms with van der Waals surface area (Å²) in [5, 5.41) is 0. The van der Waals surface area contributed by atoms with Gasteiger partial charge in [-0.15, -0.1) is 0 Å². The summed E-state index contributed by atoms with van der Waals surface area (Å²) in [7, 11) is 0. The minimum atomic E-state index is -0.206. The van der Waals surface area contributed by atoms with Gasteiger partial charge in [-0.05, 0) is 19.8 Å². The van der Waals surface area contributed by atoms with Crippen LogP contribution in [0.5, 0.6) is 0 Å². The van der Waals surface area contributed by atoms with Crippen LogP contribution in [0.25, 0.3) is 0 Å². The van der Waals surface area contributed by atoms with Gasteiger partial charge in [-0.3, -0.25) is 0 Å². The Hall–Kier alpha value is -0.830. The second-order valence-electron chi connectivity index (χ2n) is 3.21. The van der Waals surface area contributed by atoms with Crippen molar-refractivity contribution in [1.29, 1.82) is 0 Å². The van der Waals surface area contributed by atoms with Crippen molar-refractivity contribution in [2.45, 2.75) is 32.8 Å². The van der Waals surface area contributed by atoms with Crippen LogP contribution < -0.4 is 0 Å². The van der Waals surface area contributed by atoms with E-state index in [9.17, 15) is 4.79 Å². The number of epoxide rings is 1. The van der Waals surface area contributed by atoms with E-state index in [2.05, 4.69) is 0 Å². The van der Waals surface area contributed by atoms with Crippen LogP contribution in [0.3, 0.4) is 0 Å². The first-order valence-electron chi connectivity index (χ1n) is 4.69. The van der Waals surface area contributed by atoms with Crippen molar-refractivity contribution in [3.05, 3.63) is 11.6 Å². The van der Waals surface area contributed by atoms with Crippen LogP contribution in [-0.2, 0) is 14.3 Å². The van der Waals surface area contributed by atoms with E-state index in [1.54, 1.807) is 6.92 Å². The molecule has 1 atom stereocenters. The van der Waals surface area contributed by atoms with Crippen molar-refractivity contribution in [3.63, 3.8) is 0 Å². The number of esters is 1. The fraction of sp³-hybridized carbons (Fsp3) is 0.700. The lowest BCUT2D eigenvalue weighted by molar-refractivity contribution is -0.139. The summed E-state index contributed by atoms with van der Waals surface area (Å²) in [5.41, 5.74) is 0.684. The first kappa shape index (κ1) is 10.3. The Balaban J connectivity index is 2.22. The Labute approximate surface area is 78.7 Å². The molecule has 0 radical (unpaired) electrons. The van der Waals surface area contributed by atoms with E-state index in [0.29, 0.717) is 18.3 Å². The average Bonchev–Trinajstić information content (AvgIpc) is 2.93.